The number of rotatable bonds is 5. The Hall–Kier alpha value is -1.51. The lowest BCUT2D eigenvalue weighted by Crippen LogP contribution is -2.19. The minimum Gasteiger partial charge on any atom is -0.493 e. The second-order valence-corrected chi connectivity index (χ2v) is 5.46. The van der Waals surface area contributed by atoms with E-state index in [0.717, 1.165) is 30.3 Å². The first-order valence-electron chi connectivity index (χ1n) is 6.69. The molecule has 0 heterocycles. The summed E-state index contributed by atoms with van der Waals surface area (Å²) < 4.78 is 5.72. The number of carboxylic acid groups (broad SMARTS) is 1. The van der Waals surface area contributed by atoms with Gasteiger partial charge in [0.1, 0.15) is 5.75 Å². The van der Waals surface area contributed by atoms with E-state index in [9.17, 15) is 4.79 Å². The zero-order valence-corrected chi connectivity index (χ0v) is 10.3. The van der Waals surface area contributed by atoms with E-state index in [4.69, 9.17) is 9.84 Å². The van der Waals surface area contributed by atoms with Gasteiger partial charge in [0.2, 0.25) is 0 Å². The molecule has 0 aromatic heterocycles. The summed E-state index contributed by atoms with van der Waals surface area (Å²) in [5.74, 6) is 1.00. The lowest BCUT2D eigenvalue weighted by atomic mass is 9.86. The largest absolute Gasteiger partial charge is 0.493 e. The maximum atomic E-state index is 10.8. The number of hydrogen-bond acceptors (Lipinski definition) is 2. The van der Waals surface area contributed by atoms with Crippen molar-refractivity contribution in [2.75, 3.05) is 6.61 Å². The Balaban J connectivity index is 1.54. The standard InChI is InChI=1S/C15H18O3/c16-15(17)14-8-13(14)11-4-6-12(7-5-11)18-9-10-2-1-3-10/h4-7,10,13-14H,1-3,8-9H2,(H,16,17). The Labute approximate surface area is 107 Å². The third kappa shape index (κ3) is 2.35. The van der Waals surface area contributed by atoms with Crippen LogP contribution in [-0.4, -0.2) is 17.7 Å². The molecule has 0 saturated heterocycles. The number of carboxylic acids is 1. The molecule has 3 rings (SSSR count). The first-order chi connectivity index (χ1) is 8.74. The van der Waals surface area contributed by atoms with E-state index in [1.54, 1.807) is 0 Å². The predicted octanol–water partition coefficient (Wildman–Crippen LogP) is 3.05. The molecule has 2 saturated carbocycles. The second-order valence-electron chi connectivity index (χ2n) is 5.46. The fourth-order valence-corrected chi connectivity index (χ4v) is 2.52. The number of ether oxygens (including phenoxy) is 1. The summed E-state index contributed by atoms with van der Waals surface area (Å²) in [6.07, 6.45) is 4.70. The normalized spacial score (nSPS) is 26.4. The van der Waals surface area contributed by atoms with Crippen LogP contribution in [0.15, 0.2) is 24.3 Å². The molecule has 0 radical (unpaired) electrons. The van der Waals surface area contributed by atoms with Crippen LogP contribution in [0.1, 0.15) is 37.2 Å². The summed E-state index contributed by atoms with van der Waals surface area (Å²) in [7, 11) is 0. The summed E-state index contributed by atoms with van der Waals surface area (Å²) in [5.41, 5.74) is 1.12. The van der Waals surface area contributed by atoms with Crippen molar-refractivity contribution in [2.24, 2.45) is 11.8 Å². The summed E-state index contributed by atoms with van der Waals surface area (Å²) in [6, 6.07) is 7.93. The van der Waals surface area contributed by atoms with Crippen LogP contribution in [0.4, 0.5) is 0 Å². The van der Waals surface area contributed by atoms with Crippen molar-refractivity contribution in [3.63, 3.8) is 0 Å². The molecule has 18 heavy (non-hydrogen) atoms. The van der Waals surface area contributed by atoms with Crippen molar-refractivity contribution < 1.29 is 14.6 Å². The Morgan fingerprint density at radius 1 is 1.28 bits per heavy atom. The molecule has 96 valence electrons. The quantitative estimate of drug-likeness (QED) is 0.868. The molecule has 1 aromatic rings. The van der Waals surface area contributed by atoms with Crippen molar-refractivity contribution in [1.29, 1.82) is 0 Å². The van der Waals surface area contributed by atoms with Gasteiger partial charge < -0.3 is 9.84 Å². The van der Waals surface area contributed by atoms with Gasteiger partial charge in [-0.05, 0) is 48.8 Å². The fourth-order valence-electron chi connectivity index (χ4n) is 2.52. The number of carbonyl (C=O) groups is 1. The molecule has 2 fully saturated rings. The van der Waals surface area contributed by atoms with Crippen molar-refractivity contribution in [3.8, 4) is 5.75 Å². The summed E-state index contributed by atoms with van der Waals surface area (Å²) in [5, 5.41) is 8.89. The molecule has 0 bridgehead atoms. The molecule has 2 aliphatic carbocycles. The van der Waals surface area contributed by atoms with Gasteiger partial charge in [0.05, 0.1) is 12.5 Å². The zero-order valence-electron chi connectivity index (χ0n) is 10.3. The van der Waals surface area contributed by atoms with Gasteiger partial charge in [-0.3, -0.25) is 4.79 Å². The van der Waals surface area contributed by atoms with Crippen LogP contribution in [0.3, 0.4) is 0 Å². The molecule has 0 aliphatic heterocycles. The topological polar surface area (TPSA) is 46.5 Å². The van der Waals surface area contributed by atoms with E-state index in [-0.39, 0.29) is 11.8 Å². The van der Waals surface area contributed by atoms with E-state index in [0.29, 0.717) is 0 Å². The van der Waals surface area contributed by atoms with E-state index >= 15 is 0 Å². The van der Waals surface area contributed by atoms with Gasteiger partial charge in [-0.1, -0.05) is 18.6 Å². The molecule has 3 heteroatoms. The Morgan fingerprint density at radius 3 is 2.50 bits per heavy atom. The van der Waals surface area contributed by atoms with Crippen LogP contribution in [0.25, 0.3) is 0 Å². The van der Waals surface area contributed by atoms with Crippen LogP contribution in [0, 0.1) is 11.8 Å². The van der Waals surface area contributed by atoms with Crippen molar-refractivity contribution >= 4 is 5.97 Å². The maximum Gasteiger partial charge on any atom is 0.307 e. The maximum absolute atomic E-state index is 10.8. The fraction of sp³-hybridized carbons (Fsp3) is 0.533. The summed E-state index contributed by atoms with van der Waals surface area (Å²) in [4.78, 5) is 10.8. The van der Waals surface area contributed by atoms with E-state index in [2.05, 4.69) is 0 Å². The molecule has 0 spiro atoms. The molecule has 1 N–H and O–H groups in total. The summed E-state index contributed by atoms with van der Waals surface area (Å²) in [6.45, 7) is 0.820. The average Bonchev–Trinajstić information content (AvgIpc) is 3.08. The highest BCUT2D eigenvalue weighted by Gasteiger charge is 2.44. The van der Waals surface area contributed by atoms with E-state index in [1.165, 1.54) is 19.3 Å². The Bertz CT molecular complexity index is 434. The molecule has 2 aliphatic rings. The van der Waals surface area contributed by atoms with Crippen molar-refractivity contribution in [3.05, 3.63) is 29.8 Å². The van der Waals surface area contributed by atoms with Gasteiger partial charge in [-0.25, -0.2) is 0 Å². The Kier molecular flexibility index (Phi) is 2.98. The second kappa shape index (κ2) is 4.63. The lowest BCUT2D eigenvalue weighted by Gasteiger charge is -2.25. The third-order valence-corrected chi connectivity index (χ3v) is 4.13. The van der Waals surface area contributed by atoms with Gasteiger partial charge in [0.15, 0.2) is 0 Å². The van der Waals surface area contributed by atoms with Crippen LogP contribution < -0.4 is 4.74 Å². The molecule has 2 unspecified atom stereocenters. The molecular formula is C15H18O3. The molecule has 0 amide bonds. The first-order valence-corrected chi connectivity index (χ1v) is 6.69. The minimum atomic E-state index is -0.676. The minimum absolute atomic E-state index is 0.174. The van der Waals surface area contributed by atoms with Crippen LogP contribution in [0.5, 0.6) is 5.75 Å². The summed E-state index contributed by atoms with van der Waals surface area (Å²) >= 11 is 0. The monoisotopic (exact) mass is 246 g/mol. The lowest BCUT2D eigenvalue weighted by molar-refractivity contribution is -0.138. The number of benzene rings is 1. The van der Waals surface area contributed by atoms with Crippen LogP contribution in [-0.2, 0) is 4.79 Å². The molecule has 3 nitrogen and oxygen atoms in total. The van der Waals surface area contributed by atoms with Crippen LogP contribution >= 0.6 is 0 Å². The van der Waals surface area contributed by atoms with Gasteiger partial charge in [0.25, 0.3) is 0 Å². The molecule has 2 atom stereocenters. The zero-order chi connectivity index (χ0) is 12.5. The Morgan fingerprint density at radius 2 is 2.00 bits per heavy atom. The number of hydrogen-bond donors (Lipinski definition) is 1. The highest BCUT2D eigenvalue weighted by molar-refractivity contribution is 5.75. The van der Waals surface area contributed by atoms with E-state index < -0.39 is 5.97 Å². The molecular weight excluding hydrogens is 228 g/mol. The highest BCUT2D eigenvalue weighted by atomic mass is 16.5. The van der Waals surface area contributed by atoms with Gasteiger partial charge in [-0.2, -0.15) is 0 Å². The van der Waals surface area contributed by atoms with E-state index in [1.807, 2.05) is 24.3 Å². The highest BCUT2D eigenvalue weighted by Crippen LogP contribution is 2.47. The molecule has 1 aromatic carbocycles. The predicted molar refractivity (Wildman–Crippen MR) is 67.8 cm³/mol. The van der Waals surface area contributed by atoms with Gasteiger partial charge in [-0.15, -0.1) is 0 Å². The van der Waals surface area contributed by atoms with Crippen molar-refractivity contribution in [2.45, 2.75) is 31.6 Å². The van der Waals surface area contributed by atoms with Crippen LogP contribution in [0.2, 0.25) is 0 Å². The number of aliphatic carboxylic acids is 1. The first kappa shape index (κ1) is 11.6. The SMILES string of the molecule is O=C(O)C1CC1c1ccc(OCC2CCC2)cc1. The van der Waals surface area contributed by atoms with Gasteiger partial charge >= 0.3 is 5.97 Å². The van der Waals surface area contributed by atoms with Crippen molar-refractivity contribution in [1.82, 2.24) is 0 Å². The van der Waals surface area contributed by atoms with Gasteiger partial charge in [0, 0.05) is 0 Å². The average molecular weight is 246 g/mol. The third-order valence-electron chi connectivity index (χ3n) is 4.13. The smallest absolute Gasteiger partial charge is 0.307 e.